The van der Waals surface area contributed by atoms with Crippen LogP contribution in [-0.2, 0) is 11.2 Å². The lowest BCUT2D eigenvalue weighted by molar-refractivity contribution is -0.209. The van der Waals surface area contributed by atoms with Gasteiger partial charge in [-0.15, -0.1) is 0 Å². The highest BCUT2D eigenvalue weighted by Gasteiger charge is 2.66. The molecule has 7 atom stereocenters. The van der Waals surface area contributed by atoms with Crippen LogP contribution in [0.1, 0.15) is 85.1 Å². The molecule has 164 valence electrons. The largest absolute Gasteiger partial charge is 0.508 e. The third-order valence-electron chi connectivity index (χ3n) is 10.6. The fraction of sp³-hybridized carbons (Fsp3) is 0.741. The Morgan fingerprint density at radius 2 is 1.67 bits per heavy atom. The number of carbonyl (C=O) groups excluding carboxylic acids is 1. The molecule has 0 aromatic heterocycles. The topological polar surface area (TPSA) is 46.5 Å². The summed E-state index contributed by atoms with van der Waals surface area (Å²) in [5.74, 6) is 3.26. The SMILES string of the molecule is CC(=O)C1(C)CCCC2(C)C1CCC1(C)C3Cc4cc(O)ccc4OC3(C)CCC12. The minimum absolute atomic E-state index is 0.142. The summed E-state index contributed by atoms with van der Waals surface area (Å²) in [6.07, 6.45) is 9.07. The molecule has 30 heavy (non-hydrogen) atoms. The van der Waals surface area contributed by atoms with E-state index in [0.717, 1.165) is 37.0 Å². The number of carbonyl (C=O) groups is 1. The Morgan fingerprint density at radius 1 is 0.967 bits per heavy atom. The Labute approximate surface area is 181 Å². The average molecular weight is 411 g/mol. The van der Waals surface area contributed by atoms with E-state index in [4.69, 9.17) is 4.74 Å². The monoisotopic (exact) mass is 410 g/mol. The van der Waals surface area contributed by atoms with Crippen LogP contribution in [0.3, 0.4) is 0 Å². The molecule has 3 fully saturated rings. The highest BCUT2D eigenvalue weighted by molar-refractivity contribution is 5.82. The van der Waals surface area contributed by atoms with E-state index >= 15 is 0 Å². The van der Waals surface area contributed by atoms with E-state index in [0.29, 0.717) is 29.3 Å². The number of benzene rings is 1. The first kappa shape index (κ1) is 20.4. The van der Waals surface area contributed by atoms with Gasteiger partial charge < -0.3 is 9.84 Å². The minimum atomic E-state index is -0.156. The van der Waals surface area contributed by atoms with Gasteiger partial charge in [-0.2, -0.15) is 0 Å². The van der Waals surface area contributed by atoms with Gasteiger partial charge in [0.25, 0.3) is 0 Å². The lowest BCUT2D eigenvalue weighted by Gasteiger charge is -2.68. The second-order valence-corrected chi connectivity index (χ2v) is 12.0. The number of hydrogen-bond donors (Lipinski definition) is 1. The van der Waals surface area contributed by atoms with Gasteiger partial charge in [-0.3, -0.25) is 4.79 Å². The Balaban J connectivity index is 1.55. The number of Topliss-reactive ketones (excluding diaryl/α,β-unsaturated/α-hetero) is 1. The molecule has 1 aromatic carbocycles. The van der Waals surface area contributed by atoms with Crippen LogP contribution < -0.4 is 4.74 Å². The molecule has 3 aliphatic carbocycles. The second-order valence-electron chi connectivity index (χ2n) is 12.0. The molecule has 1 heterocycles. The van der Waals surface area contributed by atoms with E-state index in [1.807, 2.05) is 19.1 Å². The minimum Gasteiger partial charge on any atom is -0.508 e. The average Bonchev–Trinajstić information content (AvgIpc) is 2.66. The molecule has 0 amide bonds. The summed E-state index contributed by atoms with van der Waals surface area (Å²) in [5.41, 5.74) is 1.29. The highest BCUT2D eigenvalue weighted by atomic mass is 16.5. The van der Waals surface area contributed by atoms with Crippen molar-refractivity contribution in [3.63, 3.8) is 0 Å². The lowest BCUT2D eigenvalue weighted by Crippen LogP contribution is -2.65. The first-order valence-electron chi connectivity index (χ1n) is 12.0. The van der Waals surface area contributed by atoms with Crippen LogP contribution in [0.4, 0.5) is 0 Å². The molecule has 1 aromatic rings. The normalized spacial score (nSPS) is 47.2. The predicted octanol–water partition coefficient (Wildman–Crippen LogP) is 6.31. The molecule has 4 aliphatic rings. The van der Waals surface area contributed by atoms with Gasteiger partial charge in [-0.1, -0.05) is 27.2 Å². The zero-order chi connectivity index (χ0) is 21.5. The van der Waals surface area contributed by atoms with E-state index < -0.39 is 0 Å². The lowest BCUT2D eigenvalue weighted by atomic mass is 9.37. The number of fused-ring (bicyclic) bond motifs is 6. The summed E-state index contributed by atoms with van der Waals surface area (Å²) >= 11 is 0. The molecule has 0 bridgehead atoms. The summed E-state index contributed by atoms with van der Waals surface area (Å²) < 4.78 is 6.68. The maximum absolute atomic E-state index is 12.8. The maximum Gasteiger partial charge on any atom is 0.135 e. The van der Waals surface area contributed by atoms with Crippen LogP contribution in [0.5, 0.6) is 11.5 Å². The van der Waals surface area contributed by atoms with Gasteiger partial charge in [0, 0.05) is 11.3 Å². The van der Waals surface area contributed by atoms with Crippen molar-refractivity contribution in [3.8, 4) is 11.5 Å². The number of ketones is 1. The molecule has 5 rings (SSSR count). The first-order valence-corrected chi connectivity index (χ1v) is 12.0. The van der Waals surface area contributed by atoms with E-state index in [1.165, 1.54) is 25.7 Å². The molecular weight excluding hydrogens is 372 g/mol. The predicted molar refractivity (Wildman–Crippen MR) is 119 cm³/mol. The molecule has 0 radical (unpaired) electrons. The van der Waals surface area contributed by atoms with Crippen LogP contribution in [-0.4, -0.2) is 16.5 Å². The molecule has 1 N–H and O–H groups in total. The quantitative estimate of drug-likeness (QED) is 0.590. The summed E-state index contributed by atoms with van der Waals surface area (Å²) in [6.45, 7) is 11.5. The van der Waals surface area contributed by atoms with Crippen molar-refractivity contribution in [2.45, 2.75) is 91.6 Å². The van der Waals surface area contributed by atoms with Crippen LogP contribution >= 0.6 is 0 Å². The molecule has 3 heteroatoms. The molecule has 1 aliphatic heterocycles. The summed E-state index contributed by atoms with van der Waals surface area (Å²) in [5, 5.41) is 10.1. The molecule has 0 saturated heterocycles. The van der Waals surface area contributed by atoms with Crippen molar-refractivity contribution < 1.29 is 14.6 Å². The molecule has 0 spiro atoms. The molecule has 7 unspecified atom stereocenters. The second kappa shape index (κ2) is 6.26. The zero-order valence-corrected chi connectivity index (χ0v) is 19.4. The number of phenolic OH excluding ortho intramolecular Hbond substituents is 1. The molecular formula is C27H38O3. The van der Waals surface area contributed by atoms with Gasteiger partial charge in [0.15, 0.2) is 0 Å². The van der Waals surface area contributed by atoms with Gasteiger partial charge >= 0.3 is 0 Å². The number of ether oxygens (including phenoxy) is 1. The van der Waals surface area contributed by atoms with Gasteiger partial charge in [0.2, 0.25) is 0 Å². The number of aromatic hydroxyl groups is 1. The Hall–Kier alpha value is -1.51. The Kier molecular flexibility index (Phi) is 4.26. The van der Waals surface area contributed by atoms with E-state index in [9.17, 15) is 9.90 Å². The van der Waals surface area contributed by atoms with Crippen molar-refractivity contribution >= 4 is 5.78 Å². The van der Waals surface area contributed by atoms with Crippen molar-refractivity contribution in [2.75, 3.05) is 0 Å². The fourth-order valence-corrected chi connectivity index (χ4v) is 9.03. The van der Waals surface area contributed by atoms with Crippen molar-refractivity contribution in [1.82, 2.24) is 0 Å². The van der Waals surface area contributed by atoms with Crippen molar-refractivity contribution in [2.24, 2.45) is 34.0 Å². The van der Waals surface area contributed by atoms with Crippen LogP contribution in [0.25, 0.3) is 0 Å². The first-order chi connectivity index (χ1) is 14.0. The van der Waals surface area contributed by atoms with Gasteiger partial charge in [-0.05, 0) is 105 Å². The van der Waals surface area contributed by atoms with E-state index in [-0.39, 0.29) is 21.8 Å². The van der Waals surface area contributed by atoms with Crippen molar-refractivity contribution in [3.05, 3.63) is 23.8 Å². The van der Waals surface area contributed by atoms with E-state index in [2.05, 4.69) is 27.7 Å². The number of rotatable bonds is 1. The number of phenols is 1. The van der Waals surface area contributed by atoms with Crippen molar-refractivity contribution in [1.29, 1.82) is 0 Å². The molecule has 3 nitrogen and oxygen atoms in total. The maximum atomic E-state index is 12.8. The summed E-state index contributed by atoms with van der Waals surface area (Å²) in [6, 6.07) is 5.59. The number of hydrogen-bond acceptors (Lipinski definition) is 3. The zero-order valence-electron chi connectivity index (χ0n) is 19.4. The Bertz CT molecular complexity index is 892. The summed E-state index contributed by atoms with van der Waals surface area (Å²) in [4.78, 5) is 12.8. The van der Waals surface area contributed by atoms with Gasteiger partial charge in [-0.25, -0.2) is 0 Å². The smallest absolute Gasteiger partial charge is 0.135 e. The highest BCUT2D eigenvalue weighted by Crippen LogP contribution is 2.71. The summed E-state index contributed by atoms with van der Waals surface area (Å²) in [7, 11) is 0. The Morgan fingerprint density at radius 3 is 2.40 bits per heavy atom. The van der Waals surface area contributed by atoms with Crippen LogP contribution in [0.15, 0.2) is 18.2 Å². The fourth-order valence-electron chi connectivity index (χ4n) is 9.03. The van der Waals surface area contributed by atoms with E-state index in [1.54, 1.807) is 6.07 Å². The standard InChI is InChI=1S/C27H38O3/c1-17(28)24(2)11-6-12-25(3)21(24)9-13-26(4)22(25)10-14-27(5)23(26)16-18-15-19(29)7-8-20(18)30-27/h7-8,15,21-23,29H,6,9-14,16H2,1-5H3. The van der Waals surface area contributed by atoms with Crippen LogP contribution in [0.2, 0.25) is 0 Å². The third kappa shape index (κ3) is 2.53. The van der Waals surface area contributed by atoms with Gasteiger partial charge in [0.1, 0.15) is 22.9 Å². The third-order valence-corrected chi connectivity index (χ3v) is 10.6. The van der Waals surface area contributed by atoms with Crippen LogP contribution in [0, 0.1) is 34.0 Å². The molecule has 3 saturated carbocycles. The van der Waals surface area contributed by atoms with Gasteiger partial charge in [0.05, 0.1) is 0 Å².